The maximum absolute atomic E-state index is 11.6. The maximum Gasteiger partial charge on any atom is 0.337 e. The van der Waals surface area contributed by atoms with Gasteiger partial charge in [-0.25, -0.2) is 9.78 Å². The highest BCUT2D eigenvalue weighted by Crippen LogP contribution is 2.30. The molecule has 0 bridgehead atoms. The van der Waals surface area contributed by atoms with Crippen molar-refractivity contribution in [1.29, 1.82) is 0 Å². The second-order valence-corrected chi connectivity index (χ2v) is 6.89. The molecule has 0 amide bonds. The van der Waals surface area contributed by atoms with Gasteiger partial charge in [-0.15, -0.1) is 0 Å². The fourth-order valence-corrected chi connectivity index (χ4v) is 3.72. The van der Waals surface area contributed by atoms with Gasteiger partial charge >= 0.3 is 5.97 Å². The molecule has 4 aromatic carbocycles. The van der Waals surface area contributed by atoms with Crippen LogP contribution in [0.3, 0.4) is 0 Å². The third kappa shape index (κ3) is 2.95. The SMILES string of the molecule is COC(=O)c1ccc(-c2ccc3c(-n4cnc5ccccc54)cccc3c2)cc1. The van der Waals surface area contributed by atoms with E-state index < -0.39 is 0 Å². The predicted molar refractivity (Wildman–Crippen MR) is 115 cm³/mol. The minimum atomic E-state index is -0.327. The van der Waals surface area contributed by atoms with Gasteiger partial charge in [0.1, 0.15) is 6.33 Å². The van der Waals surface area contributed by atoms with Gasteiger partial charge < -0.3 is 4.74 Å². The minimum Gasteiger partial charge on any atom is -0.465 e. The molecule has 0 saturated carbocycles. The largest absolute Gasteiger partial charge is 0.465 e. The van der Waals surface area contributed by atoms with Crippen LogP contribution < -0.4 is 0 Å². The topological polar surface area (TPSA) is 44.1 Å². The number of fused-ring (bicyclic) bond motifs is 2. The van der Waals surface area contributed by atoms with E-state index in [9.17, 15) is 4.79 Å². The molecule has 4 heteroatoms. The molecular weight excluding hydrogens is 360 g/mol. The third-order valence-corrected chi connectivity index (χ3v) is 5.21. The molecule has 5 rings (SSSR count). The van der Waals surface area contributed by atoms with Crippen LogP contribution in [-0.4, -0.2) is 22.6 Å². The Hall–Kier alpha value is -3.92. The Morgan fingerprint density at radius 3 is 2.48 bits per heavy atom. The van der Waals surface area contributed by atoms with Gasteiger partial charge in [0, 0.05) is 5.39 Å². The first-order valence-corrected chi connectivity index (χ1v) is 9.38. The fourth-order valence-electron chi connectivity index (χ4n) is 3.72. The molecule has 0 N–H and O–H groups in total. The van der Waals surface area contributed by atoms with Gasteiger partial charge in [0.05, 0.1) is 29.4 Å². The number of carbonyl (C=O) groups is 1. The smallest absolute Gasteiger partial charge is 0.337 e. The highest BCUT2D eigenvalue weighted by Gasteiger charge is 2.09. The average molecular weight is 378 g/mol. The summed E-state index contributed by atoms with van der Waals surface area (Å²) in [4.78, 5) is 16.2. The summed E-state index contributed by atoms with van der Waals surface area (Å²) in [6.07, 6.45) is 1.87. The highest BCUT2D eigenvalue weighted by molar-refractivity contribution is 5.95. The average Bonchev–Trinajstić information content (AvgIpc) is 3.22. The molecule has 140 valence electrons. The quantitative estimate of drug-likeness (QED) is 0.382. The highest BCUT2D eigenvalue weighted by atomic mass is 16.5. The fraction of sp³-hybridized carbons (Fsp3) is 0.0400. The summed E-state index contributed by atoms with van der Waals surface area (Å²) in [7, 11) is 1.39. The monoisotopic (exact) mass is 378 g/mol. The molecular formula is C25H18N2O2. The van der Waals surface area contributed by atoms with Crippen LogP contribution in [-0.2, 0) is 4.74 Å². The van der Waals surface area contributed by atoms with Crippen LogP contribution in [0.4, 0.5) is 0 Å². The first-order valence-electron chi connectivity index (χ1n) is 9.38. The summed E-state index contributed by atoms with van der Waals surface area (Å²) in [5, 5.41) is 2.31. The van der Waals surface area contributed by atoms with Crippen molar-refractivity contribution in [3.63, 3.8) is 0 Å². The molecule has 5 aromatic rings. The molecule has 0 saturated heterocycles. The predicted octanol–water partition coefficient (Wildman–Crippen LogP) is 5.63. The normalized spacial score (nSPS) is 11.1. The van der Waals surface area contributed by atoms with E-state index in [1.165, 1.54) is 7.11 Å². The zero-order chi connectivity index (χ0) is 19.8. The van der Waals surface area contributed by atoms with Gasteiger partial charge in [0.25, 0.3) is 0 Å². The van der Waals surface area contributed by atoms with E-state index >= 15 is 0 Å². The Balaban J connectivity index is 1.60. The number of methoxy groups -OCH3 is 1. The van der Waals surface area contributed by atoms with Gasteiger partial charge in [-0.05, 0) is 52.9 Å². The Morgan fingerprint density at radius 2 is 1.66 bits per heavy atom. The number of para-hydroxylation sites is 2. The zero-order valence-corrected chi connectivity index (χ0v) is 15.9. The van der Waals surface area contributed by atoms with E-state index in [0.717, 1.165) is 38.6 Å². The van der Waals surface area contributed by atoms with E-state index in [1.807, 2.05) is 36.7 Å². The van der Waals surface area contributed by atoms with Gasteiger partial charge in [-0.2, -0.15) is 0 Å². The molecule has 29 heavy (non-hydrogen) atoms. The lowest BCUT2D eigenvalue weighted by Crippen LogP contribution is -2.00. The van der Waals surface area contributed by atoms with Crippen molar-refractivity contribution in [2.24, 2.45) is 0 Å². The number of esters is 1. The molecule has 0 unspecified atom stereocenters. The Morgan fingerprint density at radius 1 is 0.862 bits per heavy atom. The summed E-state index contributed by atoms with van der Waals surface area (Å²) >= 11 is 0. The first-order chi connectivity index (χ1) is 14.2. The van der Waals surface area contributed by atoms with Gasteiger partial charge in [-0.1, -0.05) is 48.5 Å². The minimum absolute atomic E-state index is 0.327. The van der Waals surface area contributed by atoms with Crippen LogP contribution in [0, 0.1) is 0 Å². The van der Waals surface area contributed by atoms with Crippen molar-refractivity contribution < 1.29 is 9.53 Å². The summed E-state index contributed by atoms with van der Waals surface area (Å²) < 4.78 is 6.90. The summed E-state index contributed by atoms with van der Waals surface area (Å²) in [6.45, 7) is 0. The van der Waals surface area contributed by atoms with E-state index in [2.05, 4.69) is 52.0 Å². The first kappa shape index (κ1) is 17.2. The number of hydrogen-bond acceptors (Lipinski definition) is 3. The maximum atomic E-state index is 11.6. The number of benzene rings is 4. The molecule has 0 aliphatic heterocycles. The molecule has 4 nitrogen and oxygen atoms in total. The van der Waals surface area contributed by atoms with Crippen LogP contribution >= 0.6 is 0 Å². The number of carbonyl (C=O) groups excluding carboxylic acids is 1. The van der Waals surface area contributed by atoms with Crippen molar-refractivity contribution in [3.8, 4) is 16.8 Å². The van der Waals surface area contributed by atoms with Crippen molar-refractivity contribution in [2.45, 2.75) is 0 Å². The molecule has 0 aliphatic rings. The molecule has 0 aliphatic carbocycles. The number of ether oxygens (including phenoxy) is 1. The summed E-state index contributed by atoms with van der Waals surface area (Å²) in [6, 6.07) is 28.3. The lowest BCUT2D eigenvalue weighted by Gasteiger charge is -2.11. The van der Waals surface area contributed by atoms with Crippen LogP contribution in [0.25, 0.3) is 38.6 Å². The molecule has 0 fully saturated rings. The van der Waals surface area contributed by atoms with Crippen LogP contribution in [0.1, 0.15) is 10.4 Å². The van der Waals surface area contributed by atoms with Crippen molar-refractivity contribution in [2.75, 3.05) is 7.11 Å². The van der Waals surface area contributed by atoms with Gasteiger partial charge in [0.15, 0.2) is 0 Å². The number of hydrogen-bond donors (Lipinski definition) is 0. The van der Waals surface area contributed by atoms with Crippen molar-refractivity contribution in [1.82, 2.24) is 9.55 Å². The molecule has 0 atom stereocenters. The molecule has 0 radical (unpaired) electrons. The Labute approximate surface area is 168 Å². The van der Waals surface area contributed by atoms with Crippen molar-refractivity contribution in [3.05, 3.63) is 96.8 Å². The summed E-state index contributed by atoms with van der Waals surface area (Å²) in [5.74, 6) is -0.327. The molecule has 1 aromatic heterocycles. The standard InChI is InChI=1S/C25H18N2O2/c1-29-25(28)18-11-9-17(10-12-18)19-13-14-21-20(15-19)5-4-8-23(21)27-16-26-22-6-2-3-7-24(22)27/h2-16H,1H3. The van der Waals surface area contributed by atoms with Crippen molar-refractivity contribution >= 4 is 27.8 Å². The second-order valence-electron chi connectivity index (χ2n) is 6.89. The number of nitrogens with zero attached hydrogens (tertiary/aromatic N) is 2. The van der Waals surface area contributed by atoms with E-state index in [0.29, 0.717) is 5.56 Å². The zero-order valence-electron chi connectivity index (χ0n) is 15.9. The van der Waals surface area contributed by atoms with Crippen LogP contribution in [0.2, 0.25) is 0 Å². The van der Waals surface area contributed by atoms with E-state index in [1.54, 1.807) is 12.1 Å². The second kappa shape index (κ2) is 6.91. The number of rotatable bonds is 3. The third-order valence-electron chi connectivity index (χ3n) is 5.21. The lowest BCUT2D eigenvalue weighted by atomic mass is 9.99. The Bertz CT molecular complexity index is 1350. The molecule has 0 spiro atoms. The van der Waals surface area contributed by atoms with E-state index in [-0.39, 0.29) is 5.97 Å². The summed E-state index contributed by atoms with van der Waals surface area (Å²) in [5.41, 5.74) is 5.86. The Kier molecular flexibility index (Phi) is 4.10. The van der Waals surface area contributed by atoms with Crippen LogP contribution in [0.5, 0.6) is 0 Å². The lowest BCUT2D eigenvalue weighted by molar-refractivity contribution is 0.0601. The number of aromatic nitrogens is 2. The van der Waals surface area contributed by atoms with E-state index in [4.69, 9.17) is 4.74 Å². The van der Waals surface area contributed by atoms with Crippen LogP contribution in [0.15, 0.2) is 91.3 Å². The molecule has 1 heterocycles. The van der Waals surface area contributed by atoms with Gasteiger partial charge in [-0.3, -0.25) is 4.57 Å². The van der Waals surface area contributed by atoms with Gasteiger partial charge in [0.2, 0.25) is 0 Å². The number of imidazole rings is 1.